The highest BCUT2D eigenvalue weighted by atomic mass is 79.9. The minimum atomic E-state index is -0.405. The molecular weight excluding hydrogens is 310 g/mol. The Morgan fingerprint density at radius 1 is 1.33 bits per heavy atom. The van der Waals surface area contributed by atoms with Crippen molar-refractivity contribution in [3.8, 4) is 0 Å². The van der Waals surface area contributed by atoms with Gasteiger partial charge in [-0.1, -0.05) is 12.1 Å². The molecule has 1 heterocycles. The highest BCUT2D eigenvalue weighted by Gasteiger charge is 2.05. The van der Waals surface area contributed by atoms with E-state index in [1.165, 1.54) is 4.88 Å². The molecule has 0 radical (unpaired) electrons. The number of aliphatic hydroxyl groups excluding tert-OH is 1. The second-order valence-corrected chi connectivity index (χ2v) is 6.27. The monoisotopic (exact) mass is 325 g/mol. The molecule has 0 aliphatic carbocycles. The molecule has 0 saturated carbocycles. The van der Waals surface area contributed by atoms with Crippen molar-refractivity contribution in [2.24, 2.45) is 0 Å². The third kappa shape index (κ3) is 3.34. The highest BCUT2D eigenvalue weighted by Crippen LogP contribution is 2.24. The van der Waals surface area contributed by atoms with Crippen LogP contribution in [-0.4, -0.2) is 12.2 Å². The van der Waals surface area contributed by atoms with Gasteiger partial charge in [0.2, 0.25) is 0 Å². The summed E-state index contributed by atoms with van der Waals surface area (Å²) in [5.74, 6) is 0. The molecule has 0 saturated heterocycles. The molecule has 96 valence electrons. The van der Waals surface area contributed by atoms with Gasteiger partial charge in [-0.15, -0.1) is 11.3 Å². The van der Waals surface area contributed by atoms with Gasteiger partial charge in [0, 0.05) is 27.5 Å². The lowest BCUT2D eigenvalue weighted by molar-refractivity contribution is 0.199. The molecule has 1 aromatic carbocycles. The van der Waals surface area contributed by atoms with Crippen molar-refractivity contribution in [2.45, 2.75) is 19.6 Å². The molecule has 0 bridgehead atoms. The van der Waals surface area contributed by atoms with Crippen LogP contribution in [0.4, 0.5) is 5.69 Å². The first-order chi connectivity index (χ1) is 8.56. The van der Waals surface area contributed by atoms with Crippen LogP contribution in [-0.2, 0) is 6.54 Å². The van der Waals surface area contributed by atoms with Gasteiger partial charge in [0.15, 0.2) is 0 Å². The maximum absolute atomic E-state index is 9.47. The standard InChI is InChI=1S/C14H16BrNOS/c1-10(17)11-3-5-13(6-4-11)16(2)8-14-7-12(15)9-18-14/h3-7,9-10,17H,8H2,1-2H3/t10-/m0/s1. The normalized spacial score (nSPS) is 12.4. The quantitative estimate of drug-likeness (QED) is 0.910. The summed E-state index contributed by atoms with van der Waals surface area (Å²) in [5.41, 5.74) is 2.11. The molecule has 1 atom stereocenters. The van der Waals surface area contributed by atoms with E-state index in [2.05, 4.69) is 39.3 Å². The summed E-state index contributed by atoms with van der Waals surface area (Å²) in [5, 5.41) is 11.6. The second-order valence-electron chi connectivity index (χ2n) is 4.35. The molecule has 0 fully saturated rings. The number of anilines is 1. The molecular formula is C14H16BrNOS. The molecule has 4 heteroatoms. The fourth-order valence-corrected chi connectivity index (χ4v) is 3.27. The van der Waals surface area contributed by atoms with E-state index in [1.54, 1.807) is 18.3 Å². The summed E-state index contributed by atoms with van der Waals surface area (Å²) < 4.78 is 1.14. The lowest BCUT2D eigenvalue weighted by Crippen LogP contribution is -2.15. The van der Waals surface area contributed by atoms with Crippen molar-refractivity contribution in [1.82, 2.24) is 0 Å². The minimum absolute atomic E-state index is 0.405. The van der Waals surface area contributed by atoms with E-state index in [-0.39, 0.29) is 0 Å². The van der Waals surface area contributed by atoms with Gasteiger partial charge in [0.05, 0.1) is 12.6 Å². The molecule has 1 N–H and O–H groups in total. The minimum Gasteiger partial charge on any atom is -0.389 e. The van der Waals surface area contributed by atoms with Crippen molar-refractivity contribution in [3.05, 3.63) is 50.6 Å². The van der Waals surface area contributed by atoms with Crippen LogP contribution in [0.3, 0.4) is 0 Å². The Morgan fingerprint density at radius 3 is 2.50 bits per heavy atom. The van der Waals surface area contributed by atoms with Crippen molar-refractivity contribution in [1.29, 1.82) is 0 Å². The first kappa shape index (κ1) is 13.6. The second kappa shape index (κ2) is 5.87. The van der Waals surface area contributed by atoms with Crippen LogP contribution >= 0.6 is 27.3 Å². The number of hydrogen-bond donors (Lipinski definition) is 1. The summed E-state index contributed by atoms with van der Waals surface area (Å²) in [7, 11) is 2.07. The van der Waals surface area contributed by atoms with E-state index in [9.17, 15) is 5.11 Å². The number of rotatable bonds is 4. The van der Waals surface area contributed by atoms with Crippen molar-refractivity contribution >= 4 is 33.0 Å². The molecule has 2 aromatic rings. The Hall–Kier alpha value is -0.840. The highest BCUT2D eigenvalue weighted by molar-refractivity contribution is 9.10. The van der Waals surface area contributed by atoms with Crippen LogP contribution in [0, 0.1) is 0 Å². The Labute approximate surface area is 120 Å². The van der Waals surface area contributed by atoms with Crippen LogP contribution in [0.2, 0.25) is 0 Å². The van der Waals surface area contributed by atoms with Gasteiger partial charge in [-0.3, -0.25) is 0 Å². The van der Waals surface area contributed by atoms with Gasteiger partial charge >= 0.3 is 0 Å². The Kier molecular flexibility index (Phi) is 4.43. The van der Waals surface area contributed by atoms with E-state index < -0.39 is 6.10 Å². The fraction of sp³-hybridized carbons (Fsp3) is 0.286. The molecule has 0 aliphatic rings. The first-order valence-electron chi connectivity index (χ1n) is 5.78. The average Bonchev–Trinajstić information content (AvgIpc) is 2.75. The Bertz CT molecular complexity index is 507. The van der Waals surface area contributed by atoms with E-state index in [0.29, 0.717) is 0 Å². The largest absolute Gasteiger partial charge is 0.389 e. The molecule has 0 unspecified atom stereocenters. The van der Waals surface area contributed by atoms with Gasteiger partial charge < -0.3 is 10.0 Å². The third-order valence-electron chi connectivity index (χ3n) is 2.83. The lowest BCUT2D eigenvalue weighted by atomic mass is 10.1. The van der Waals surface area contributed by atoms with Crippen LogP contribution in [0.5, 0.6) is 0 Å². The van der Waals surface area contributed by atoms with Crippen LogP contribution < -0.4 is 4.90 Å². The van der Waals surface area contributed by atoms with Gasteiger partial charge in [-0.25, -0.2) is 0 Å². The SMILES string of the molecule is C[C@H](O)c1ccc(N(C)Cc2cc(Br)cs2)cc1. The van der Waals surface area contributed by atoms with Gasteiger partial charge in [-0.05, 0) is 46.6 Å². The molecule has 0 aliphatic heterocycles. The number of halogens is 1. The molecule has 0 amide bonds. The van der Waals surface area contributed by atoms with E-state index >= 15 is 0 Å². The van der Waals surface area contributed by atoms with E-state index in [0.717, 1.165) is 22.3 Å². The predicted molar refractivity (Wildman–Crippen MR) is 81.2 cm³/mol. The fourth-order valence-electron chi connectivity index (χ4n) is 1.77. The van der Waals surface area contributed by atoms with Gasteiger partial charge in [0.1, 0.15) is 0 Å². The number of aliphatic hydroxyl groups is 1. The van der Waals surface area contributed by atoms with Gasteiger partial charge in [0.25, 0.3) is 0 Å². The van der Waals surface area contributed by atoms with E-state index in [4.69, 9.17) is 0 Å². The molecule has 2 nitrogen and oxygen atoms in total. The zero-order chi connectivity index (χ0) is 13.1. The lowest BCUT2D eigenvalue weighted by Gasteiger charge is -2.19. The maximum Gasteiger partial charge on any atom is 0.0761 e. The summed E-state index contributed by atoms with van der Waals surface area (Å²) >= 11 is 5.22. The first-order valence-corrected chi connectivity index (χ1v) is 7.45. The van der Waals surface area contributed by atoms with Crippen molar-refractivity contribution < 1.29 is 5.11 Å². The number of nitrogens with zero attached hydrogens (tertiary/aromatic N) is 1. The molecule has 0 spiro atoms. The predicted octanol–water partition coefficient (Wildman–Crippen LogP) is 4.20. The average molecular weight is 326 g/mol. The Morgan fingerprint density at radius 2 is 2.00 bits per heavy atom. The summed E-state index contributed by atoms with van der Waals surface area (Å²) in [6, 6.07) is 10.2. The van der Waals surface area contributed by atoms with Crippen molar-refractivity contribution in [2.75, 3.05) is 11.9 Å². The van der Waals surface area contributed by atoms with Crippen LogP contribution in [0.15, 0.2) is 40.2 Å². The zero-order valence-electron chi connectivity index (χ0n) is 10.4. The van der Waals surface area contributed by atoms with Crippen LogP contribution in [0.1, 0.15) is 23.5 Å². The summed E-state index contributed by atoms with van der Waals surface area (Å²) in [6.07, 6.45) is -0.405. The Balaban J connectivity index is 2.06. The number of thiophene rings is 1. The maximum atomic E-state index is 9.47. The smallest absolute Gasteiger partial charge is 0.0761 e. The molecule has 18 heavy (non-hydrogen) atoms. The van der Waals surface area contributed by atoms with Crippen molar-refractivity contribution in [3.63, 3.8) is 0 Å². The number of hydrogen-bond acceptors (Lipinski definition) is 3. The van der Waals surface area contributed by atoms with Gasteiger partial charge in [-0.2, -0.15) is 0 Å². The topological polar surface area (TPSA) is 23.5 Å². The molecule has 1 aromatic heterocycles. The third-order valence-corrected chi connectivity index (χ3v) is 4.51. The zero-order valence-corrected chi connectivity index (χ0v) is 12.8. The van der Waals surface area contributed by atoms with Crippen LogP contribution in [0.25, 0.3) is 0 Å². The summed E-state index contributed by atoms with van der Waals surface area (Å²) in [4.78, 5) is 3.52. The molecule has 2 rings (SSSR count). The summed E-state index contributed by atoms with van der Waals surface area (Å²) in [6.45, 7) is 2.67. The number of benzene rings is 1. The van der Waals surface area contributed by atoms with E-state index in [1.807, 2.05) is 24.3 Å².